The summed E-state index contributed by atoms with van der Waals surface area (Å²) < 4.78 is 9.66. The highest BCUT2D eigenvalue weighted by molar-refractivity contribution is 6.27. The van der Waals surface area contributed by atoms with Gasteiger partial charge in [-0.15, -0.1) is 0 Å². The third kappa shape index (κ3) is 10.4. The second kappa shape index (κ2) is 26.9. The summed E-state index contributed by atoms with van der Waals surface area (Å²) in [5.74, 6) is 0. The fraction of sp³-hybridized carbons (Fsp3) is 0. The van der Waals surface area contributed by atoms with E-state index in [-0.39, 0.29) is 0 Å². The van der Waals surface area contributed by atoms with Crippen molar-refractivity contribution in [2.45, 2.75) is 0 Å². The Hall–Kier alpha value is -15.9. The molecule has 0 saturated heterocycles. The third-order valence-electron chi connectivity index (χ3n) is 25.7. The molecular formula is C116H72N4. The van der Waals surface area contributed by atoms with Gasteiger partial charge in [0.2, 0.25) is 0 Å². The first-order valence-corrected chi connectivity index (χ1v) is 41.5. The maximum Gasteiger partial charge on any atom is 0.0541 e. The Bertz CT molecular complexity index is 8790. The summed E-state index contributed by atoms with van der Waals surface area (Å²) in [5.41, 5.74) is 24.2. The quantitative estimate of drug-likeness (QED) is 0.135. The van der Waals surface area contributed by atoms with Gasteiger partial charge in [-0.3, -0.25) is 0 Å². The molecule has 0 aliphatic rings. The average molecular weight is 1520 g/mol. The molecule has 4 heteroatoms. The summed E-state index contributed by atoms with van der Waals surface area (Å²) in [6.45, 7) is 0. The average Bonchev–Trinajstić information content (AvgIpc) is 1.47. The van der Waals surface area contributed by atoms with Gasteiger partial charge in [-0.2, -0.15) is 0 Å². The molecule has 4 nitrogen and oxygen atoms in total. The smallest absolute Gasteiger partial charge is 0.0541 e. The fourth-order valence-corrected chi connectivity index (χ4v) is 20.3. The Kier molecular flexibility index (Phi) is 15.1. The molecular weight excluding hydrogens is 1450 g/mol. The molecule has 0 fully saturated rings. The van der Waals surface area contributed by atoms with E-state index in [1.165, 1.54) is 235 Å². The van der Waals surface area contributed by atoms with Gasteiger partial charge < -0.3 is 18.3 Å². The first kappa shape index (κ1) is 67.5. The van der Waals surface area contributed by atoms with E-state index in [9.17, 15) is 0 Å². The first-order valence-electron chi connectivity index (χ1n) is 41.5. The van der Waals surface area contributed by atoms with Crippen LogP contribution in [0.1, 0.15) is 0 Å². The Morgan fingerprint density at radius 3 is 0.900 bits per heavy atom. The standard InChI is InChI=1S/2C58H36N2/c1-2-15-41(16-3-1)59-53-24-12-10-21-47(53)51-34-38(28-31-56(51)59)39-29-32-57-52(35-39)48-22-11-13-25-54(48)60(57)55-33-30-45(43-18-6-8-20-46(43)55)50-36-40-27-26-37-14-4-5-17-42(37)58(40)49-23-9-7-19-44(49)50;1-2-13-44(14-3-1)59-54-20-10-8-17-48(54)52-34-40(27-30-56(52)59)41-28-31-57-53(35-41)49-18-9-11-21-55(49)60(57)45-29-26-38-32-42(24-23-39(38)33-45)51-36-43-25-22-37-12-4-5-15-46(37)58(43)50-19-7-6-16-47(50)51/h2*1-36H. The summed E-state index contributed by atoms with van der Waals surface area (Å²) in [7, 11) is 0. The molecule has 0 aliphatic carbocycles. The van der Waals surface area contributed by atoms with Crippen LogP contribution in [0.4, 0.5) is 0 Å². The second-order valence-electron chi connectivity index (χ2n) is 32.1. The molecule has 4 aromatic heterocycles. The summed E-state index contributed by atoms with van der Waals surface area (Å²) in [4.78, 5) is 0. The van der Waals surface area contributed by atoms with Crippen molar-refractivity contribution in [3.8, 4) is 67.3 Å². The van der Waals surface area contributed by atoms with Gasteiger partial charge in [0.05, 0.1) is 49.8 Å². The minimum Gasteiger partial charge on any atom is -0.309 e. The minimum atomic E-state index is 1.16. The maximum atomic E-state index is 2.47. The van der Waals surface area contributed by atoms with Crippen molar-refractivity contribution in [2.24, 2.45) is 0 Å². The zero-order chi connectivity index (χ0) is 78.6. The molecule has 0 unspecified atom stereocenters. The number of hydrogen-bond donors (Lipinski definition) is 0. The van der Waals surface area contributed by atoms with Crippen LogP contribution in [0.3, 0.4) is 0 Å². The zero-order valence-corrected chi connectivity index (χ0v) is 65.4. The molecule has 120 heavy (non-hydrogen) atoms. The van der Waals surface area contributed by atoms with Gasteiger partial charge in [0.25, 0.3) is 0 Å². The van der Waals surface area contributed by atoms with E-state index in [1.54, 1.807) is 0 Å². The zero-order valence-electron chi connectivity index (χ0n) is 65.4. The van der Waals surface area contributed by atoms with E-state index < -0.39 is 0 Å². The molecule has 556 valence electrons. The molecule has 26 aromatic rings. The van der Waals surface area contributed by atoms with Crippen molar-refractivity contribution in [3.63, 3.8) is 0 Å². The van der Waals surface area contributed by atoms with Crippen LogP contribution in [0.5, 0.6) is 0 Å². The summed E-state index contributed by atoms with van der Waals surface area (Å²) in [6.07, 6.45) is 0. The highest BCUT2D eigenvalue weighted by Gasteiger charge is 2.23. The van der Waals surface area contributed by atoms with Crippen LogP contribution in [0.2, 0.25) is 0 Å². The molecule has 0 aliphatic heterocycles. The topological polar surface area (TPSA) is 19.7 Å². The van der Waals surface area contributed by atoms with Gasteiger partial charge in [-0.25, -0.2) is 0 Å². The highest BCUT2D eigenvalue weighted by atomic mass is 15.0. The molecule has 4 heterocycles. The number of benzene rings is 22. The maximum absolute atomic E-state index is 2.47. The predicted molar refractivity (Wildman–Crippen MR) is 512 cm³/mol. The number of rotatable bonds is 8. The van der Waals surface area contributed by atoms with Crippen LogP contribution >= 0.6 is 0 Å². The monoisotopic (exact) mass is 1520 g/mol. The normalized spacial score (nSPS) is 12.0. The molecule has 0 spiro atoms. The number of para-hydroxylation sites is 6. The first-order chi connectivity index (χ1) is 59.5. The summed E-state index contributed by atoms with van der Waals surface area (Å²) in [6, 6.07) is 161. The Labute approximate surface area is 691 Å². The Morgan fingerprint density at radius 1 is 0.125 bits per heavy atom. The van der Waals surface area contributed by atoms with Gasteiger partial charge in [-0.05, 0) is 259 Å². The number of nitrogens with zero attached hydrogens (tertiary/aromatic N) is 4. The highest BCUT2D eigenvalue weighted by Crippen LogP contribution is 2.47. The lowest BCUT2D eigenvalue weighted by atomic mass is 9.88. The largest absolute Gasteiger partial charge is 0.309 e. The molecule has 0 amide bonds. The molecule has 0 atom stereocenters. The van der Waals surface area contributed by atoms with Crippen LogP contribution in [-0.4, -0.2) is 18.3 Å². The number of fused-ring (bicyclic) bond motifs is 24. The SMILES string of the molecule is c1ccc(-n2c3ccccc3c3cc(-c4ccc5c(c4)c4ccccc4n5-c4ccc(-c5cc6ccc7ccccc7c6c6ccccc56)c5ccccc45)ccc32)cc1.c1ccc(-n2c3ccccc3c3cc(-c4ccc5c(c4)c4ccccc4n5-c4ccc5cc(-c6cc7ccc8ccccc8c7c7ccccc67)ccc5c4)ccc32)cc1. The van der Waals surface area contributed by atoms with Crippen molar-refractivity contribution < 1.29 is 0 Å². The van der Waals surface area contributed by atoms with Gasteiger partial charge in [-0.1, -0.05) is 303 Å². The van der Waals surface area contributed by atoms with Crippen molar-refractivity contribution in [2.75, 3.05) is 0 Å². The molecule has 0 N–H and O–H groups in total. The fourth-order valence-electron chi connectivity index (χ4n) is 20.3. The molecule has 26 rings (SSSR count). The van der Waals surface area contributed by atoms with Gasteiger partial charge >= 0.3 is 0 Å². The number of hydrogen-bond acceptors (Lipinski definition) is 0. The minimum absolute atomic E-state index is 1.16. The lowest BCUT2D eigenvalue weighted by molar-refractivity contribution is 1.18. The van der Waals surface area contributed by atoms with Gasteiger partial charge in [0, 0.05) is 65.5 Å². The second-order valence-corrected chi connectivity index (χ2v) is 32.1. The van der Waals surface area contributed by atoms with Crippen molar-refractivity contribution in [3.05, 3.63) is 437 Å². The third-order valence-corrected chi connectivity index (χ3v) is 25.7. The van der Waals surface area contributed by atoms with E-state index >= 15 is 0 Å². The van der Waals surface area contributed by atoms with E-state index in [1.807, 2.05) is 0 Å². The predicted octanol–water partition coefficient (Wildman–Crippen LogP) is 31.7. The molecule has 22 aromatic carbocycles. The van der Waals surface area contributed by atoms with Crippen LogP contribution in [0, 0.1) is 0 Å². The molecule has 0 bridgehead atoms. The number of aromatic nitrogens is 4. The Balaban J connectivity index is 0.000000133. The lowest BCUT2D eigenvalue weighted by Gasteiger charge is -2.17. The van der Waals surface area contributed by atoms with Crippen molar-refractivity contribution in [1.29, 1.82) is 0 Å². The summed E-state index contributed by atoms with van der Waals surface area (Å²) >= 11 is 0. The summed E-state index contributed by atoms with van der Waals surface area (Å²) in [5, 5.41) is 30.4. The molecule has 0 saturated carbocycles. The van der Waals surface area contributed by atoms with Gasteiger partial charge in [0.1, 0.15) is 0 Å². The lowest BCUT2D eigenvalue weighted by Crippen LogP contribution is -1.97. The van der Waals surface area contributed by atoms with E-state index in [4.69, 9.17) is 0 Å². The van der Waals surface area contributed by atoms with Crippen molar-refractivity contribution in [1.82, 2.24) is 18.3 Å². The van der Waals surface area contributed by atoms with Crippen LogP contribution in [0.15, 0.2) is 437 Å². The van der Waals surface area contributed by atoms with Crippen molar-refractivity contribution >= 4 is 173 Å². The van der Waals surface area contributed by atoms with Crippen LogP contribution < -0.4 is 0 Å². The van der Waals surface area contributed by atoms with Crippen LogP contribution in [0.25, 0.3) is 241 Å². The van der Waals surface area contributed by atoms with Crippen LogP contribution in [-0.2, 0) is 0 Å². The van der Waals surface area contributed by atoms with E-state index in [2.05, 4.69) is 455 Å². The Morgan fingerprint density at radius 2 is 0.433 bits per heavy atom. The van der Waals surface area contributed by atoms with Gasteiger partial charge in [0.15, 0.2) is 0 Å². The van der Waals surface area contributed by atoms with E-state index in [0.29, 0.717) is 0 Å². The molecule has 0 radical (unpaired) electrons. The van der Waals surface area contributed by atoms with E-state index in [0.717, 1.165) is 5.69 Å².